The molecule has 0 bridgehead atoms. The highest BCUT2D eigenvalue weighted by Crippen LogP contribution is 2.36. The van der Waals surface area contributed by atoms with Crippen molar-refractivity contribution >= 4 is 55.0 Å². The zero-order valence-corrected chi connectivity index (χ0v) is 17.1. The molecule has 2 aromatic rings. The van der Waals surface area contributed by atoms with Gasteiger partial charge in [-0.25, -0.2) is 13.1 Å². The van der Waals surface area contributed by atoms with Crippen molar-refractivity contribution in [3.05, 3.63) is 39.5 Å². The standard InChI is InChI=1S/C16H12ClN3O6S2/c1-6-9(15(23)20(2)19-6)12(21)7-4-5-8(28(3,25)26)10(11(7)17)14-18-13(22)16(24)27-14/h4-5,23H,1-3H3. The lowest BCUT2D eigenvalue weighted by Crippen LogP contribution is -2.11. The zero-order chi connectivity index (χ0) is 21.0. The normalized spacial score (nSPS) is 14.5. The average Bonchev–Trinajstić information content (AvgIpc) is 3.04. The molecule has 2 heterocycles. The van der Waals surface area contributed by atoms with Gasteiger partial charge in [0.2, 0.25) is 11.7 Å². The Balaban J connectivity index is 2.27. The molecule has 1 aromatic carbocycles. The monoisotopic (exact) mass is 441 g/mol. The largest absolute Gasteiger partial charge is 0.493 e. The van der Waals surface area contributed by atoms with Crippen molar-refractivity contribution in [1.82, 2.24) is 9.78 Å². The summed E-state index contributed by atoms with van der Waals surface area (Å²) in [6.45, 7) is 1.51. The number of halogens is 1. The summed E-state index contributed by atoms with van der Waals surface area (Å²) in [6.07, 6.45) is 0.921. The molecule has 0 aliphatic carbocycles. The summed E-state index contributed by atoms with van der Waals surface area (Å²) in [5.41, 5.74) is -0.200. The van der Waals surface area contributed by atoms with Crippen molar-refractivity contribution in [1.29, 1.82) is 0 Å². The fraction of sp³-hybridized carbons (Fsp3) is 0.188. The van der Waals surface area contributed by atoms with Crippen molar-refractivity contribution in [2.24, 2.45) is 12.0 Å². The van der Waals surface area contributed by atoms with E-state index < -0.39 is 26.6 Å². The van der Waals surface area contributed by atoms with Gasteiger partial charge in [-0.1, -0.05) is 11.6 Å². The molecule has 1 N–H and O–H groups in total. The van der Waals surface area contributed by atoms with E-state index in [-0.39, 0.29) is 43.2 Å². The Hall–Kier alpha value is -2.50. The maximum atomic E-state index is 13.0. The number of rotatable bonds is 4. The summed E-state index contributed by atoms with van der Waals surface area (Å²) in [5, 5.41) is 12.7. The fourth-order valence-corrected chi connectivity index (χ4v) is 4.84. The van der Waals surface area contributed by atoms with E-state index in [1.807, 2.05) is 0 Å². The van der Waals surface area contributed by atoms with Crippen LogP contribution >= 0.6 is 23.4 Å². The summed E-state index contributed by atoms with van der Waals surface area (Å²) < 4.78 is 25.4. The smallest absolute Gasteiger partial charge is 0.325 e. The number of hydrogen-bond acceptors (Lipinski definition) is 8. The molecule has 0 saturated carbocycles. The fourth-order valence-electron chi connectivity index (χ4n) is 2.69. The van der Waals surface area contributed by atoms with Crippen LogP contribution in [0.25, 0.3) is 0 Å². The van der Waals surface area contributed by atoms with Gasteiger partial charge in [0, 0.05) is 24.4 Å². The maximum Gasteiger partial charge on any atom is 0.325 e. The minimum Gasteiger partial charge on any atom is -0.493 e. The quantitative estimate of drug-likeness (QED) is 0.553. The van der Waals surface area contributed by atoms with Crippen LogP contribution in [0.1, 0.15) is 27.2 Å². The predicted molar refractivity (Wildman–Crippen MR) is 102 cm³/mol. The van der Waals surface area contributed by atoms with Crippen LogP contribution in [0.3, 0.4) is 0 Å². The van der Waals surface area contributed by atoms with Crippen LogP contribution in [0.15, 0.2) is 22.0 Å². The number of ketones is 1. The SMILES string of the molecule is Cc1nn(C)c(O)c1C(=O)c1ccc(S(C)(=O)=O)c(C2=NC(=O)C(=O)S2)c1Cl. The minimum atomic E-state index is -3.83. The first-order chi connectivity index (χ1) is 12.9. The van der Waals surface area contributed by atoms with Gasteiger partial charge in [0.25, 0.3) is 5.12 Å². The van der Waals surface area contributed by atoms with Crippen molar-refractivity contribution in [2.75, 3.05) is 6.26 Å². The van der Waals surface area contributed by atoms with Crippen LogP contribution in [0.5, 0.6) is 5.88 Å². The molecular formula is C16H12ClN3O6S2. The first kappa shape index (κ1) is 20.2. The van der Waals surface area contributed by atoms with E-state index in [0.29, 0.717) is 11.8 Å². The Morgan fingerprint density at radius 2 is 1.93 bits per heavy atom. The molecule has 0 atom stereocenters. The molecule has 146 valence electrons. The van der Waals surface area contributed by atoms with Gasteiger partial charge in [0.15, 0.2) is 9.84 Å². The predicted octanol–water partition coefficient (Wildman–Crippen LogP) is 1.27. The molecule has 0 fully saturated rings. The number of carbonyl (C=O) groups excluding carboxylic acids is 3. The van der Waals surface area contributed by atoms with Crippen LogP contribution in [-0.4, -0.2) is 51.4 Å². The van der Waals surface area contributed by atoms with Crippen LogP contribution in [0, 0.1) is 6.92 Å². The summed E-state index contributed by atoms with van der Waals surface area (Å²) in [7, 11) is -2.38. The molecule has 1 aliphatic heterocycles. The molecule has 28 heavy (non-hydrogen) atoms. The lowest BCUT2D eigenvalue weighted by atomic mass is 10.0. The maximum absolute atomic E-state index is 13.0. The number of aryl methyl sites for hydroxylation is 2. The third kappa shape index (κ3) is 3.25. The van der Waals surface area contributed by atoms with Crippen LogP contribution in [0.4, 0.5) is 0 Å². The molecule has 1 aromatic heterocycles. The van der Waals surface area contributed by atoms with Crippen LogP contribution < -0.4 is 0 Å². The van der Waals surface area contributed by atoms with Crippen LogP contribution in [0.2, 0.25) is 5.02 Å². The highest BCUT2D eigenvalue weighted by atomic mass is 35.5. The van der Waals surface area contributed by atoms with Gasteiger partial charge in [-0.3, -0.25) is 14.4 Å². The number of sulfone groups is 1. The third-order valence-electron chi connectivity index (χ3n) is 3.95. The molecule has 12 heteroatoms. The minimum absolute atomic E-state index is 0.101. The second-order valence-electron chi connectivity index (χ2n) is 5.92. The first-order valence-electron chi connectivity index (χ1n) is 7.58. The van der Waals surface area contributed by atoms with E-state index >= 15 is 0 Å². The van der Waals surface area contributed by atoms with Gasteiger partial charge in [-0.05, 0) is 30.8 Å². The summed E-state index contributed by atoms with van der Waals surface area (Å²) in [6, 6.07) is 2.34. The summed E-state index contributed by atoms with van der Waals surface area (Å²) in [5.74, 6) is -2.13. The Bertz CT molecular complexity index is 1210. The third-order valence-corrected chi connectivity index (χ3v) is 6.33. The van der Waals surface area contributed by atoms with E-state index in [1.165, 1.54) is 20.0 Å². The first-order valence-corrected chi connectivity index (χ1v) is 10.7. The molecule has 1 aliphatic rings. The Labute approximate surface area is 168 Å². The number of thioether (sulfide) groups is 1. The lowest BCUT2D eigenvalue weighted by Gasteiger charge is -2.12. The molecular weight excluding hydrogens is 430 g/mol. The van der Waals surface area contributed by atoms with Gasteiger partial charge in [0.05, 0.1) is 15.6 Å². The average molecular weight is 442 g/mol. The van der Waals surface area contributed by atoms with E-state index in [1.54, 1.807) is 0 Å². The van der Waals surface area contributed by atoms with E-state index in [9.17, 15) is 27.9 Å². The number of amides is 1. The lowest BCUT2D eigenvalue weighted by molar-refractivity contribution is -0.130. The molecule has 0 radical (unpaired) electrons. The second kappa shape index (κ2) is 6.83. The van der Waals surface area contributed by atoms with Crippen molar-refractivity contribution in [3.63, 3.8) is 0 Å². The van der Waals surface area contributed by atoms with Gasteiger partial charge in [-0.15, -0.1) is 0 Å². The molecule has 0 unspecified atom stereocenters. The number of benzene rings is 1. The number of carbonyl (C=O) groups is 3. The van der Waals surface area contributed by atoms with Gasteiger partial charge < -0.3 is 5.11 Å². The number of aromatic hydroxyl groups is 1. The number of aromatic nitrogens is 2. The van der Waals surface area contributed by atoms with E-state index in [4.69, 9.17) is 11.6 Å². The molecule has 0 spiro atoms. The van der Waals surface area contributed by atoms with Crippen molar-refractivity contribution in [2.45, 2.75) is 11.8 Å². The molecule has 0 saturated heterocycles. The highest BCUT2D eigenvalue weighted by Gasteiger charge is 2.34. The molecule has 3 rings (SSSR count). The Morgan fingerprint density at radius 1 is 1.29 bits per heavy atom. The van der Waals surface area contributed by atoms with Crippen LogP contribution in [-0.2, 0) is 26.5 Å². The van der Waals surface area contributed by atoms with Crippen molar-refractivity contribution < 1.29 is 27.9 Å². The summed E-state index contributed by atoms with van der Waals surface area (Å²) in [4.78, 5) is 39.3. The molecule has 9 nitrogen and oxygen atoms in total. The number of nitrogens with zero attached hydrogens (tertiary/aromatic N) is 3. The van der Waals surface area contributed by atoms with E-state index in [2.05, 4.69) is 10.1 Å². The Kier molecular flexibility index (Phi) is 4.94. The topological polar surface area (TPSA) is 136 Å². The second-order valence-corrected chi connectivity index (χ2v) is 9.24. The number of hydrogen-bond donors (Lipinski definition) is 1. The van der Waals surface area contributed by atoms with Gasteiger partial charge in [0.1, 0.15) is 10.6 Å². The van der Waals surface area contributed by atoms with Gasteiger partial charge >= 0.3 is 5.91 Å². The Morgan fingerprint density at radius 3 is 2.39 bits per heavy atom. The van der Waals surface area contributed by atoms with Gasteiger partial charge in [-0.2, -0.15) is 10.1 Å². The summed E-state index contributed by atoms with van der Waals surface area (Å²) >= 11 is 6.77. The van der Waals surface area contributed by atoms with E-state index in [0.717, 1.165) is 17.0 Å². The number of aliphatic imine (C=N–C) groups is 1. The molecule has 1 amide bonds. The van der Waals surface area contributed by atoms with Crippen molar-refractivity contribution in [3.8, 4) is 5.88 Å². The highest BCUT2D eigenvalue weighted by molar-refractivity contribution is 8.29. The zero-order valence-electron chi connectivity index (χ0n) is 14.7.